The number of carbonyl (C=O) groups is 1. The second-order valence-corrected chi connectivity index (χ2v) is 6.75. The number of benzene rings is 1. The monoisotopic (exact) mass is 319 g/mol. The highest BCUT2D eigenvalue weighted by Crippen LogP contribution is 2.27. The molecule has 21 heavy (non-hydrogen) atoms. The third-order valence-corrected chi connectivity index (χ3v) is 5.39. The van der Waals surface area contributed by atoms with Gasteiger partial charge in [-0.05, 0) is 31.0 Å². The molecule has 0 amide bonds. The van der Waals surface area contributed by atoms with E-state index in [0.717, 1.165) is 16.4 Å². The second-order valence-electron chi connectivity index (χ2n) is 4.89. The summed E-state index contributed by atoms with van der Waals surface area (Å²) < 4.78 is 52.7. The minimum atomic E-state index is -4.40. The highest BCUT2D eigenvalue weighted by Gasteiger charge is 2.38. The first-order valence-electron chi connectivity index (χ1n) is 6.54. The van der Waals surface area contributed by atoms with Crippen molar-refractivity contribution in [3.63, 3.8) is 0 Å². The highest BCUT2D eigenvalue weighted by molar-refractivity contribution is 7.89. The lowest BCUT2D eigenvalue weighted by atomic mass is 10.1. The van der Waals surface area contributed by atoms with Gasteiger partial charge in [0.1, 0.15) is 22.6 Å². The Morgan fingerprint density at radius 1 is 1.24 bits per heavy atom. The molecule has 1 aromatic rings. The average Bonchev–Trinajstić information content (AvgIpc) is 2.67. The molecule has 1 aliphatic rings. The zero-order chi connectivity index (χ0) is 15.6. The van der Waals surface area contributed by atoms with Gasteiger partial charge in [-0.2, -0.15) is 4.31 Å². The van der Waals surface area contributed by atoms with Crippen molar-refractivity contribution in [1.29, 1.82) is 0 Å². The fraction of sp³-hybridized carbons (Fsp3) is 0.462. The van der Waals surface area contributed by atoms with Crippen LogP contribution in [0.15, 0.2) is 23.1 Å². The molecule has 1 heterocycles. The summed E-state index contributed by atoms with van der Waals surface area (Å²) in [7, 11) is -4.40. The second kappa shape index (κ2) is 6.07. The molecule has 0 aromatic heterocycles. The minimum Gasteiger partial charge on any atom is -0.480 e. The van der Waals surface area contributed by atoms with Crippen molar-refractivity contribution in [2.45, 2.75) is 36.6 Å². The third kappa shape index (κ3) is 3.21. The summed E-state index contributed by atoms with van der Waals surface area (Å²) in [5.41, 5.74) is 0. The lowest BCUT2D eigenvalue weighted by Crippen LogP contribution is -2.44. The molecule has 8 heteroatoms. The summed E-state index contributed by atoms with van der Waals surface area (Å²) in [6, 6.07) is 0.857. The van der Waals surface area contributed by atoms with Crippen LogP contribution in [0.4, 0.5) is 8.78 Å². The van der Waals surface area contributed by atoms with Gasteiger partial charge in [-0.3, -0.25) is 4.79 Å². The fourth-order valence-corrected chi connectivity index (χ4v) is 4.15. The van der Waals surface area contributed by atoms with E-state index in [0.29, 0.717) is 25.3 Å². The molecule has 1 unspecified atom stereocenters. The fourth-order valence-electron chi connectivity index (χ4n) is 2.42. The van der Waals surface area contributed by atoms with Crippen LogP contribution in [0, 0.1) is 11.6 Å². The van der Waals surface area contributed by atoms with Crippen LogP contribution in [-0.2, 0) is 14.8 Å². The van der Waals surface area contributed by atoms with Gasteiger partial charge in [0.05, 0.1) is 0 Å². The average molecular weight is 319 g/mol. The van der Waals surface area contributed by atoms with Crippen molar-refractivity contribution in [2.24, 2.45) is 0 Å². The van der Waals surface area contributed by atoms with E-state index in [1.54, 1.807) is 0 Å². The van der Waals surface area contributed by atoms with Gasteiger partial charge in [0.2, 0.25) is 10.0 Å². The lowest BCUT2D eigenvalue weighted by Gasteiger charge is -2.26. The first-order chi connectivity index (χ1) is 9.84. The first kappa shape index (κ1) is 15.8. The summed E-state index contributed by atoms with van der Waals surface area (Å²) in [5.74, 6) is -3.27. The van der Waals surface area contributed by atoms with E-state index < -0.39 is 38.6 Å². The van der Waals surface area contributed by atoms with E-state index in [1.165, 1.54) is 0 Å². The van der Waals surface area contributed by atoms with Gasteiger partial charge in [0.25, 0.3) is 0 Å². The van der Waals surface area contributed by atoms with Crippen molar-refractivity contribution in [2.75, 3.05) is 6.54 Å². The maximum absolute atomic E-state index is 13.7. The molecule has 1 atom stereocenters. The minimum absolute atomic E-state index is 0.0186. The molecular formula is C13H15F2NO4S. The van der Waals surface area contributed by atoms with Crippen LogP contribution in [0.3, 0.4) is 0 Å². The normalized spacial score (nSPS) is 21.0. The Hall–Kier alpha value is -1.54. The van der Waals surface area contributed by atoms with Gasteiger partial charge in [0.15, 0.2) is 0 Å². The predicted octanol–water partition coefficient (Wildman–Crippen LogP) is 1.98. The molecule has 2 rings (SSSR count). The summed E-state index contributed by atoms with van der Waals surface area (Å²) in [5, 5.41) is 9.19. The topological polar surface area (TPSA) is 74.7 Å². The number of nitrogens with zero attached hydrogens (tertiary/aromatic N) is 1. The molecule has 1 aliphatic heterocycles. The molecule has 116 valence electrons. The van der Waals surface area contributed by atoms with E-state index >= 15 is 0 Å². The first-order valence-corrected chi connectivity index (χ1v) is 7.98. The van der Waals surface area contributed by atoms with Crippen molar-refractivity contribution >= 4 is 16.0 Å². The van der Waals surface area contributed by atoms with Crippen LogP contribution in [0.1, 0.15) is 25.7 Å². The van der Waals surface area contributed by atoms with Crippen molar-refractivity contribution in [3.05, 3.63) is 29.8 Å². The van der Waals surface area contributed by atoms with Gasteiger partial charge >= 0.3 is 5.97 Å². The molecule has 5 nitrogen and oxygen atoms in total. The smallest absolute Gasteiger partial charge is 0.322 e. The Morgan fingerprint density at radius 2 is 1.95 bits per heavy atom. The van der Waals surface area contributed by atoms with E-state index in [4.69, 9.17) is 0 Å². The maximum atomic E-state index is 13.7. The lowest BCUT2D eigenvalue weighted by molar-refractivity contribution is -0.141. The number of sulfonamides is 1. The molecule has 1 saturated heterocycles. The Morgan fingerprint density at radius 3 is 2.62 bits per heavy atom. The Balaban J connectivity index is 2.49. The molecule has 0 aliphatic carbocycles. The molecule has 0 spiro atoms. The number of rotatable bonds is 3. The number of hydrogen-bond acceptors (Lipinski definition) is 3. The summed E-state index contributed by atoms with van der Waals surface area (Å²) in [6.45, 7) is -0.0186. The quantitative estimate of drug-likeness (QED) is 0.924. The van der Waals surface area contributed by atoms with Crippen LogP contribution in [-0.4, -0.2) is 36.4 Å². The van der Waals surface area contributed by atoms with Gasteiger partial charge < -0.3 is 5.11 Å². The van der Waals surface area contributed by atoms with E-state index in [2.05, 4.69) is 0 Å². The Kier molecular flexibility index (Phi) is 4.58. The van der Waals surface area contributed by atoms with E-state index in [-0.39, 0.29) is 13.0 Å². The zero-order valence-electron chi connectivity index (χ0n) is 11.1. The highest BCUT2D eigenvalue weighted by atomic mass is 32.2. The van der Waals surface area contributed by atoms with Crippen LogP contribution < -0.4 is 0 Å². The Labute approximate surface area is 121 Å². The summed E-state index contributed by atoms with van der Waals surface area (Å²) >= 11 is 0. The number of carboxylic acids is 1. The SMILES string of the molecule is O=C(O)C1CCCCCN1S(=O)(=O)c1cc(F)ccc1F. The molecule has 1 fully saturated rings. The largest absolute Gasteiger partial charge is 0.480 e. The van der Waals surface area contributed by atoms with Crippen LogP contribution in [0.2, 0.25) is 0 Å². The van der Waals surface area contributed by atoms with Crippen LogP contribution >= 0.6 is 0 Å². The number of halogens is 2. The molecule has 1 N–H and O–H groups in total. The molecule has 0 bridgehead atoms. The number of aliphatic carboxylic acids is 1. The standard InChI is InChI=1S/C13H15F2NO4S/c14-9-5-6-10(15)12(8-9)21(19,20)16-7-3-1-2-4-11(16)13(17)18/h5-6,8,11H,1-4,7H2,(H,17,18). The van der Waals surface area contributed by atoms with E-state index in [9.17, 15) is 27.1 Å². The van der Waals surface area contributed by atoms with Gasteiger partial charge in [-0.25, -0.2) is 17.2 Å². The predicted molar refractivity (Wildman–Crippen MR) is 70.1 cm³/mol. The van der Waals surface area contributed by atoms with Crippen LogP contribution in [0.5, 0.6) is 0 Å². The molecular weight excluding hydrogens is 304 g/mol. The van der Waals surface area contributed by atoms with Gasteiger partial charge in [-0.15, -0.1) is 0 Å². The molecule has 0 radical (unpaired) electrons. The van der Waals surface area contributed by atoms with Gasteiger partial charge in [-0.1, -0.05) is 12.8 Å². The summed E-state index contributed by atoms with van der Waals surface area (Å²) in [4.78, 5) is 10.4. The van der Waals surface area contributed by atoms with Crippen molar-refractivity contribution in [1.82, 2.24) is 4.31 Å². The number of carboxylic acid groups (broad SMARTS) is 1. The number of hydrogen-bond donors (Lipinski definition) is 1. The Bertz CT molecular complexity index is 648. The maximum Gasteiger partial charge on any atom is 0.322 e. The molecule has 1 aromatic carbocycles. The summed E-state index contributed by atoms with van der Waals surface area (Å²) in [6.07, 6.45) is 1.92. The van der Waals surface area contributed by atoms with Crippen molar-refractivity contribution in [3.8, 4) is 0 Å². The van der Waals surface area contributed by atoms with Gasteiger partial charge in [0, 0.05) is 6.54 Å². The van der Waals surface area contributed by atoms with Crippen LogP contribution in [0.25, 0.3) is 0 Å². The molecule has 0 saturated carbocycles. The van der Waals surface area contributed by atoms with Crippen molar-refractivity contribution < 1.29 is 27.1 Å². The zero-order valence-corrected chi connectivity index (χ0v) is 11.9. The third-order valence-electron chi connectivity index (χ3n) is 3.47. The van der Waals surface area contributed by atoms with E-state index in [1.807, 2.05) is 0 Å².